The number of nitrogens with one attached hydrogen (secondary N) is 3. The molecular weight excluding hydrogens is 1210 g/mol. The van der Waals surface area contributed by atoms with E-state index in [2.05, 4.69) is 15.7 Å². The molecule has 0 aromatic rings. The maximum absolute atomic E-state index is 11.8. The second kappa shape index (κ2) is 71.2. The molecule has 544 valence electrons. The van der Waals surface area contributed by atoms with E-state index in [4.69, 9.17) is 125 Å². The summed E-state index contributed by atoms with van der Waals surface area (Å²) in [5, 5.41) is 10.0. The van der Waals surface area contributed by atoms with Crippen LogP contribution in [-0.4, -0.2) is 336 Å². The van der Waals surface area contributed by atoms with Crippen molar-refractivity contribution in [1.82, 2.24) is 10.6 Å². The van der Waals surface area contributed by atoms with Crippen LogP contribution in [0.5, 0.6) is 0 Å². The van der Waals surface area contributed by atoms with Gasteiger partial charge in [-0.3, -0.25) is 0 Å². The molecule has 0 aromatic carbocycles. The van der Waals surface area contributed by atoms with Crippen molar-refractivity contribution in [3.05, 3.63) is 11.4 Å². The van der Waals surface area contributed by atoms with Crippen LogP contribution < -0.4 is 16.4 Å². The number of rotatable bonds is 77. The minimum absolute atomic E-state index is 0.335. The van der Waals surface area contributed by atoms with Gasteiger partial charge in [0.1, 0.15) is 0 Å². The zero-order valence-corrected chi connectivity index (χ0v) is 55.9. The van der Waals surface area contributed by atoms with E-state index in [1.54, 1.807) is 0 Å². The molecule has 2 unspecified atom stereocenters. The van der Waals surface area contributed by atoms with Crippen LogP contribution in [0.25, 0.3) is 0 Å². The second-order valence-electron chi connectivity index (χ2n) is 20.4. The van der Waals surface area contributed by atoms with Crippen molar-refractivity contribution in [1.29, 1.82) is 5.53 Å². The fraction of sp³-hybridized carbons (Fsp3) is 0.952. The number of carbonyl (C=O) groups is 1. The lowest BCUT2D eigenvalue weighted by molar-refractivity contribution is -0.0318. The molecule has 2 aliphatic carbocycles. The average molecular weight is 1340 g/mol. The Labute approximate surface area is 548 Å². The molecule has 0 bridgehead atoms. The first-order chi connectivity index (χ1) is 45.7. The smallest absolute Gasteiger partial charge is 0.407 e. The normalized spacial score (nSPS) is 16.4. The van der Waals surface area contributed by atoms with Gasteiger partial charge in [-0.05, 0) is 49.9 Å². The van der Waals surface area contributed by atoms with Crippen LogP contribution in [0.4, 0.5) is 4.79 Å². The average Bonchev–Trinajstić information content (AvgIpc) is 1.69. The number of carbonyl (C=O) groups excluding carboxylic acids is 1. The van der Waals surface area contributed by atoms with Crippen molar-refractivity contribution in [3.8, 4) is 0 Å². The number of allylic oxidation sites excluding steroid dienone is 2. The molecule has 92 heavy (non-hydrogen) atoms. The molecule has 1 amide bonds. The van der Waals surface area contributed by atoms with E-state index in [-0.39, 0.29) is 6.09 Å². The Hall–Kier alpha value is -2.55. The summed E-state index contributed by atoms with van der Waals surface area (Å²) in [6.07, 6.45) is 4.10. The highest BCUT2D eigenvalue weighted by atomic mass is 16.6. The summed E-state index contributed by atoms with van der Waals surface area (Å²) >= 11 is 0. The van der Waals surface area contributed by atoms with Crippen LogP contribution in [0.15, 0.2) is 16.5 Å². The number of nitrogens with two attached hydrogens (primary N) is 1. The topological polar surface area (TPSA) is 325 Å². The quantitative estimate of drug-likeness (QED) is 0.0502. The Balaban J connectivity index is 1.12. The van der Waals surface area contributed by atoms with E-state index in [0.717, 1.165) is 43.5 Å². The first kappa shape index (κ1) is 85.5. The molecule has 1 fully saturated rings. The van der Waals surface area contributed by atoms with Crippen LogP contribution in [0, 0.1) is 23.3 Å². The molecule has 0 heterocycles. The molecule has 0 spiro atoms. The Morgan fingerprint density at radius 3 is 0.815 bits per heavy atom. The predicted molar refractivity (Wildman–Crippen MR) is 337 cm³/mol. The lowest BCUT2D eigenvalue weighted by Crippen LogP contribution is -2.25. The molecule has 0 saturated heterocycles. The highest BCUT2D eigenvalue weighted by Crippen LogP contribution is 2.54. The lowest BCUT2D eigenvalue weighted by Gasteiger charge is -2.16. The van der Waals surface area contributed by atoms with Crippen LogP contribution >= 0.6 is 0 Å². The highest BCUT2D eigenvalue weighted by molar-refractivity contribution is 5.67. The van der Waals surface area contributed by atoms with Gasteiger partial charge in [-0.25, -0.2) is 10.3 Å². The van der Waals surface area contributed by atoms with Gasteiger partial charge >= 0.3 is 6.09 Å². The Morgan fingerprint density at radius 1 is 0.359 bits per heavy atom. The molecule has 2 rings (SSSR count). The van der Waals surface area contributed by atoms with Crippen LogP contribution in [-0.2, 0) is 114 Å². The summed E-state index contributed by atoms with van der Waals surface area (Å²) in [5.74, 6) is 1.48. The monoisotopic (exact) mass is 1340 g/mol. The second-order valence-corrected chi connectivity index (χ2v) is 20.4. The number of hydrogen-bond donors (Lipinski definition) is 4. The van der Waals surface area contributed by atoms with E-state index < -0.39 is 0 Å². The maximum atomic E-state index is 11.8. The number of nitrogens with zero attached hydrogens (tertiary/aromatic N) is 1. The molecule has 1 saturated carbocycles. The highest BCUT2D eigenvalue weighted by Gasteiger charge is 2.50. The van der Waals surface area contributed by atoms with E-state index in [1.165, 1.54) is 0 Å². The Morgan fingerprint density at radius 2 is 0.587 bits per heavy atom. The molecule has 3 atom stereocenters. The number of hydrogen-bond acceptors (Lipinski definition) is 29. The van der Waals surface area contributed by atoms with Gasteiger partial charge in [0, 0.05) is 25.3 Å². The summed E-state index contributed by atoms with van der Waals surface area (Å²) in [6.45, 7) is 26.8. The third-order valence-corrected chi connectivity index (χ3v) is 13.4. The molecule has 30 nitrogen and oxygen atoms in total. The molecule has 0 aliphatic heterocycles. The molecule has 2 aliphatic rings. The number of amides is 1. The van der Waals surface area contributed by atoms with Crippen molar-refractivity contribution in [3.63, 3.8) is 0 Å². The van der Waals surface area contributed by atoms with E-state index >= 15 is 0 Å². The Kier molecular flexibility index (Phi) is 66.2. The molecule has 5 N–H and O–H groups in total. The van der Waals surface area contributed by atoms with Crippen molar-refractivity contribution in [2.45, 2.75) is 39.0 Å². The van der Waals surface area contributed by atoms with Crippen molar-refractivity contribution < 1.29 is 118 Å². The van der Waals surface area contributed by atoms with Crippen molar-refractivity contribution in [2.75, 3.05) is 330 Å². The molecule has 30 heteroatoms. The van der Waals surface area contributed by atoms with Gasteiger partial charge in [0.05, 0.1) is 316 Å². The molecular formula is C62H121N5O25. The van der Waals surface area contributed by atoms with Gasteiger partial charge in [-0.15, -0.1) is 0 Å². The summed E-state index contributed by atoms with van der Waals surface area (Å²) in [5.41, 5.74) is 14.9. The third-order valence-electron chi connectivity index (χ3n) is 13.4. The number of fused-ring (bicyclic) bond motifs is 1. The summed E-state index contributed by atoms with van der Waals surface area (Å²) in [6, 6.07) is 0. The summed E-state index contributed by atoms with van der Waals surface area (Å²) in [7, 11) is 0. The van der Waals surface area contributed by atoms with Crippen LogP contribution in [0.2, 0.25) is 0 Å². The standard InChI is InChI=1S/C62H121N5O25/c1-2-8-66-62(68)92-56-59-57-3-5-60(61(67-64)6-4-58(57)59)65-9-11-70-13-15-72-17-19-74-21-23-76-25-27-78-29-31-80-33-35-82-37-39-84-41-43-86-45-47-88-49-51-90-53-55-91-54-52-89-50-48-87-46-44-85-42-40-83-38-36-81-34-32-79-30-28-77-26-24-75-22-20-73-18-16-71-14-12-69-10-7-63/h57-59,64-65H,2-56,63H2,1H3,(H,66,68)/b61-60-,67-64?/t57?,58?,59-/m1/s1. The molecule has 0 aromatic heterocycles. The summed E-state index contributed by atoms with van der Waals surface area (Å²) < 4.78 is 132. The first-order valence-corrected chi connectivity index (χ1v) is 33.4. The lowest BCUT2D eigenvalue weighted by atomic mass is 10.0. The van der Waals surface area contributed by atoms with Gasteiger partial charge in [0.15, 0.2) is 0 Å². The van der Waals surface area contributed by atoms with Gasteiger partial charge < -0.3 is 130 Å². The zero-order chi connectivity index (χ0) is 65.4. The van der Waals surface area contributed by atoms with E-state index in [1.807, 2.05) is 6.92 Å². The largest absolute Gasteiger partial charge is 0.449 e. The fourth-order valence-corrected chi connectivity index (χ4v) is 8.60. The minimum atomic E-state index is -0.335. The number of ether oxygens (including phenoxy) is 24. The summed E-state index contributed by atoms with van der Waals surface area (Å²) in [4.78, 5) is 11.8. The maximum Gasteiger partial charge on any atom is 0.407 e. The van der Waals surface area contributed by atoms with Crippen LogP contribution in [0.1, 0.15) is 39.0 Å². The van der Waals surface area contributed by atoms with E-state index in [0.29, 0.717) is 348 Å². The van der Waals surface area contributed by atoms with Crippen LogP contribution in [0.3, 0.4) is 0 Å². The minimum Gasteiger partial charge on any atom is -0.449 e. The van der Waals surface area contributed by atoms with Gasteiger partial charge in [0.2, 0.25) is 0 Å². The fourth-order valence-electron chi connectivity index (χ4n) is 8.60. The Bertz CT molecular complexity index is 1580. The van der Waals surface area contributed by atoms with Gasteiger partial charge in [-0.2, -0.15) is 5.11 Å². The first-order valence-electron chi connectivity index (χ1n) is 33.4. The number of alkyl carbamates (subject to hydrolysis) is 1. The van der Waals surface area contributed by atoms with Crippen molar-refractivity contribution in [2.24, 2.45) is 28.6 Å². The predicted octanol–water partition coefficient (Wildman–Crippen LogP) is 2.73. The van der Waals surface area contributed by atoms with Gasteiger partial charge in [-0.1, -0.05) is 6.92 Å². The van der Waals surface area contributed by atoms with Gasteiger partial charge in [0.25, 0.3) is 0 Å². The van der Waals surface area contributed by atoms with E-state index in [9.17, 15) is 4.79 Å². The SMILES string of the molecule is CCCNC(=O)OC[C@H]1C2CC/C(N=N)=C(/NCCOCCOCCOCCOCCOCCOCCOCCOCCOCCOCCOCCOCCOCCOCCOCCOCCOCCOCCOCCOCCOCCOCCOCCN)CCC21. The third kappa shape index (κ3) is 58.8. The zero-order valence-electron chi connectivity index (χ0n) is 55.9. The molecule has 0 radical (unpaired) electrons. The van der Waals surface area contributed by atoms with Crippen molar-refractivity contribution >= 4 is 6.09 Å².